The van der Waals surface area contributed by atoms with Gasteiger partial charge in [0, 0.05) is 138 Å². The summed E-state index contributed by atoms with van der Waals surface area (Å²) in [5, 5.41) is 23.8. The molecule has 1 aliphatic carbocycles. The topological polar surface area (TPSA) is 65.8 Å². The molecule has 0 saturated carbocycles. The Kier molecular flexibility index (Phi) is 16.1. The molecule has 0 bridgehead atoms. The second-order valence-corrected chi connectivity index (χ2v) is 35.7. The molecule has 0 aliphatic heterocycles. The van der Waals surface area contributed by atoms with Crippen LogP contribution in [0, 0.1) is 0 Å². The van der Waals surface area contributed by atoms with Gasteiger partial charge in [-0.2, -0.15) is 0 Å². The highest BCUT2D eigenvalue weighted by Crippen LogP contribution is 2.54. The SMILES string of the molecule is c1ccc(-c2nc(-c3ccccc3)c3cc(-n4c5cccc6c7ccccc7n7c8ccccc8c8cc(-c9ccccc9)c4c(c65)c87)ccc3n2)cc1.c1ccc(N(c2ccccc2)c2ccc(-n3c4cccc5c6ccccc6n6c7ccccc7c7ccc3c(c54)c76)cc2)cc1.c1ccc2c(c1)-c1cccc3ccc4c(c13)c1c-2cccc1n4-c1ccc2c(c1)oc1ccccc12. The lowest BCUT2D eigenvalue weighted by Crippen LogP contribution is -2.09. The average Bonchev–Trinajstić information content (AvgIpc) is 1.52. The minimum Gasteiger partial charge on any atom is -0.456 e. The lowest BCUT2D eigenvalue weighted by molar-refractivity contribution is 0.668. The standard InChI is InChI=1S/C50H30N4.C42H27N3.C34H19NO/c1-4-15-31(16-5-1)38-30-39-36-22-11-13-25-43(36)54-42-24-12-10-21-35(42)37-23-14-26-44-45(37)46(49(39)54)48(38)53(44)34-27-28-41-40(29-34)47(32-17-6-2-7-18-32)52-50(51-41)33-19-8-3-9-20-33;1-3-12-28(13-4-1)43(29-14-5-2-6-15-29)30-22-24-31(25-23-30)44-38-21-11-18-34-32-16-7-9-19-36(32)45-37-20-10-8-17-33(37)35-26-27-39(44)41(40(34)38)42(35)45;1-2-9-23-22(8-1)26-11-5-7-20-15-18-29-34(32(20)26)33-27(23)12-6-13-28(33)35(29)21-16-17-25-24-10-3-4-14-30(24)36-31(25)19-21/h1-30H;1-27H;1-19H. The molecule has 9 aromatic heterocycles. The molecule has 626 valence electrons. The predicted molar refractivity (Wildman–Crippen MR) is 565 cm³/mol. The number of nitrogens with zero attached hydrogens (tertiary/aromatic N) is 8. The molecule has 0 radical (unpaired) electrons. The predicted octanol–water partition coefficient (Wildman–Crippen LogP) is 33.8. The van der Waals surface area contributed by atoms with E-state index in [4.69, 9.17) is 14.4 Å². The Bertz CT molecular complexity index is 10100. The summed E-state index contributed by atoms with van der Waals surface area (Å²) in [6, 6.07) is 166. The molecule has 9 heteroatoms. The highest BCUT2D eigenvalue weighted by Gasteiger charge is 2.31. The fraction of sp³-hybridized carbons (Fsp3) is 0. The Morgan fingerprint density at radius 1 is 0.200 bits per heavy atom. The maximum Gasteiger partial charge on any atom is 0.160 e. The Morgan fingerprint density at radius 2 is 0.622 bits per heavy atom. The molecule has 21 aromatic carbocycles. The van der Waals surface area contributed by atoms with Crippen molar-refractivity contribution in [1.29, 1.82) is 0 Å². The van der Waals surface area contributed by atoms with Crippen LogP contribution in [0.15, 0.2) is 465 Å². The van der Waals surface area contributed by atoms with Gasteiger partial charge in [0.1, 0.15) is 11.2 Å². The minimum atomic E-state index is 0.721. The molecule has 0 saturated heterocycles. The molecular formula is C126H76N8O. The van der Waals surface area contributed by atoms with Gasteiger partial charge in [0.15, 0.2) is 5.82 Å². The summed E-state index contributed by atoms with van der Waals surface area (Å²) in [6.45, 7) is 0. The van der Waals surface area contributed by atoms with Crippen molar-refractivity contribution in [1.82, 2.24) is 32.5 Å². The second-order valence-electron chi connectivity index (χ2n) is 35.7. The molecule has 1 aliphatic rings. The first kappa shape index (κ1) is 74.7. The van der Waals surface area contributed by atoms with E-state index >= 15 is 0 Å². The number of fused-ring (bicyclic) bond motifs is 19. The van der Waals surface area contributed by atoms with E-state index in [0.717, 1.165) is 89.6 Å². The smallest absolute Gasteiger partial charge is 0.160 e. The van der Waals surface area contributed by atoms with E-state index in [1.54, 1.807) is 0 Å². The third kappa shape index (κ3) is 11.0. The Morgan fingerprint density at radius 3 is 1.27 bits per heavy atom. The summed E-state index contributed by atoms with van der Waals surface area (Å²) in [6.07, 6.45) is 0. The van der Waals surface area contributed by atoms with Crippen LogP contribution < -0.4 is 4.90 Å². The molecule has 0 fully saturated rings. The van der Waals surface area contributed by atoms with Gasteiger partial charge in [0.2, 0.25) is 0 Å². The second kappa shape index (κ2) is 29.2. The van der Waals surface area contributed by atoms with E-state index in [1.165, 1.54) is 186 Å². The molecule has 30 aromatic rings. The first-order valence-corrected chi connectivity index (χ1v) is 46.3. The van der Waals surface area contributed by atoms with E-state index in [2.05, 4.69) is 458 Å². The number of furan rings is 1. The zero-order valence-corrected chi connectivity index (χ0v) is 72.9. The first-order valence-electron chi connectivity index (χ1n) is 46.3. The minimum absolute atomic E-state index is 0.721. The van der Waals surface area contributed by atoms with Crippen LogP contribution in [0.3, 0.4) is 0 Å². The summed E-state index contributed by atoms with van der Waals surface area (Å²) in [4.78, 5) is 12.7. The summed E-state index contributed by atoms with van der Waals surface area (Å²) >= 11 is 0. The molecule has 0 amide bonds. The van der Waals surface area contributed by atoms with Crippen LogP contribution in [0.1, 0.15) is 0 Å². The van der Waals surface area contributed by atoms with Crippen LogP contribution in [0.5, 0.6) is 0 Å². The van der Waals surface area contributed by atoms with Crippen LogP contribution >= 0.6 is 0 Å². The molecule has 0 atom stereocenters. The van der Waals surface area contributed by atoms with Crippen molar-refractivity contribution < 1.29 is 4.42 Å². The van der Waals surface area contributed by atoms with Gasteiger partial charge >= 0.3 is 0 Å². The lowest BCUT2D eigenvalue weighted by Gasteiger charge is -2.25. The van der Waals surface area contributed by atoms with Crippen molar-refractivity contribution in [3.63, 3.8) is 0 Å². The van der Waals surface area contributed by atoms with Gasteiger partial charge in [0.05, 0.1) is 77.4 Å². The normalized spacial score (nSPS) is 12.1. The molecule has 135 heavy (non-hydrogen) atoms. The molecule has 31 rings (SSSR count). The average molecular weight is 1720 g/mol. The Labute approximate surface area is 772 Å². The molecule has 0 spiro atoms. The molecule has 0 N–H and O–H groups in total. The van der Waals surface area contributed by atoms with Crippen molar-refractivity contribution in [2.45, 2.75) is 0 Å². The third-order valence-corrected chi connectivity index (χ3v) is 28.6. The number of aromatic nitrogens is 7. The summed E-state index contributed by atoms with van der Waals surface area (Å²) < 4.78 is 18.6. The fourth-order valence-electron chi connectivity index (χ4n) is 23.0. The van der Waals surface area contributed by atoms with E-state index in [9.17, 15) is 0 Å². The Balaban J connectivity index is 0.000000100. The molecule has 9 heterocycles. The highest BCUT2D eigenvalue weighted by molar-refractivity contribution is 6.37. The number of rotatable bonds is 9. The number of hydrogen-bond donors (Lipinski definition) is 0. The fourth-order valence-corrected chi connectivity index (χ4v) is 23.0. The molecule has 0 unspecified atom stereocenters. The zero-order valence-electron chi connectivity index (χ0n) is 72.9. The van der Waals surface area contributed by atoms with E-state index in [0.29, 0.717) is 0 Å². The van der Waals surface area contributed by atoms with Crippen molar-refractivity contribution in [3.8, 4) is 73.1 Å². The highest BCUT2D eigenvalue weighted by atomic mass is 16.3. The zero-order chi connectivity index (χ0) is 88.2. The van der Waals surface area contributed by atoms with Crippen LogP contribution in [0.25, 0.3) is 258 Å². The number of anilines is 3. The van der Waals surface area contributed by atoms with Crippen LogP contribution in [0.2, 0.25) is 0 Å². The van der Waals surface area contributed by atoms with Gasteiger partial charge < -0.3 is 31.8 Å². The van der Waals surface area contributed by atoms with Gasteiger partial charge in [-0.05, 0) is 195 Å². The summed E-state index contributed by atoms with van der Waals surface area (Å²) in [5.41, 5.74) is 34.7. The number of hydrogen-bond acceptors (Lipinski definition) is 4. The van der Waals surface area contributed by atoms with Gasteiger partial charge in [-0.3, -0.25) is 0 Å². The van der Waals surface area contributed by atoms with Gasteiger partial charge in [-0.15, -0.1) is 0 Å². The maximum atomic E-state index is 6.27. The first-order chi connectivity index (χ1) is 67.0. The third-order valence-electron chi connectivity index (χ3n) is 28.6. The molecule has 9 nitrogen and oxygen atoms in total. The maximum absolute atomic E-state index is 6.27. The van der Waals surface area contributed by atoms with Crippen molar-refractivity contribution in [2.24, 2.45) is 0 Å². The lowest BCUT2D eigenvalue weighted by atomic mass is 9.93. The van der Waals surface area contributed by atoms with Gasteiger partial charge in [-0.1, -0.05) is 309 Å². The number of benzene rings is 21. The molecular weight excluding hydrogens is 1640 g/mol. The van der Waals surface area contributed by atoms with Crippen molar-refractivity contribution >= 4 is 202 Å². The summed E-state index contributed by atoms with van der Waals surface area (Å²) in [5.74, 6) is 0.721. The Hall–Kier alpha value is -18.2. The largest absolute Gasteiger partial charge is 0.456 e. The van der Waals surface area contributed by atoms with Crippen LogP contribution in [-0.4, -0.2) is 32.5 Å². The monoisotopic (exact) mass is 1720 g/mol. The van der Waals surface area contributed by atoms with Crippen molar-refractivity contribution in [3.05, 3.63) is 461 Å². The van der Waals surface area contributed by atoms with Crippen molar-refractivity contribution in [2.75, 3.05) is 4.90 Å². The van der Waals surface area contributed by atoms with Gasteiger partial charge in [-0.25, -0.2) is 9.97 Å². The van der Waals surface area contributed by atoms with Crippen LogP contribution in [0.4, 0.5) is 17.1 Å². The number of para-hydroxylation sites is 7. The quantitative estimate of drug-likeness (QED) is 0.144. The van der Waals surface area contributed by atoms with E-state index < -0.39 is 0 Å². The van der Waals surface area contributed by atoms with Crippen LogP contribution in [-0.2, 0) is 0 Å². The van der Waals surface area contributed by atoms with Gasteiger partial charge in [0.25, 0.3) is 0 Å². The summed E-state index contributed by atoms with van der Waals surface area (Å²) in [7, 11) is 0. The van der Waals surface area contributed by atoms with E-state index in [1.807, 2.05) is 30.3 Å². The van der Waals surface area contributed by atoms with E-state index in [-0.39, 0.29) is 0 Å².